The number of aryl methyl sites for hydroxylation is 1. The van der Waals surface area contributed by atoms with Crippen LogP contribution in [0.25, 0.3) is 11.0 Å². The lowest BCUT2D eigenvalue weighted by atomic mass is 9.97. The standard InChI is InChI=1S/C24H29N5O3/c30-19-15-28-16-24(9-4-5-10-24)29-12-8-18-13-17(14-26-22(18)29)7-3-1-2-6-11-25-23(32)20(27-28)21(19)31/h8,12-15,30H,1-7,9-11,16H2,(H,25,32). The van der Waals surface area contributed by atoms with Gasteiger partial charge in [0.15, 0.2) is 11.4 Å². The summed E-state index contributed by atoms with van der Waals surface area (Å²) in [6.45, 7) is 0.936. The predicted octanol–water partition coefficient (Wildman–Crippen LogP) is 3.11. The Kier molecular flexibility index (Phi) is 5.45. The van der Waals surface area contributed by atoms with Crippen molar-refractivity contribution in [2.45, 2.75) is 69.9 Å². The van der Waals surface area contributed by atoms with Crippen molar-refractivity contribution in [3.05, 3.63) is 52.2 Å². The summed E-state index contributed by atoms with van der Waals surface area (Å²) in [5.41, 5.74) is 0.944. The van der Waals surface area contributed by atoms with E-state index in [1.165, 1.54) is 11.8 Å². The van der Waals surface area contributed by atoms with Crippen LogP contribution in [0.15, 0.2) is 35.5 Å². The highest BCUT2D eigenvalue weighted by Gasteiger charge is 2.37. The van der Waals surface area contributed by atoms with Crippen molar-refractivity contribution < 1.29 is 9.90 Å². The molecule has 8 heteroatoms. The Morgan fingerprint density at radius 1 is 1.06 bits per heavy atom. The highest BCUT2D eigenvalue weighted by molar-refractivity contribution is 5.92. The Bertz CT molecular complexity index is 1210. The number of hydrogen-bond donors (Lipinski definition) is 2. The number of carbonyl (C=O) groups is 1. The maximum absolute atomic E-state index is 12.6. The van der Waals surface area contributed by atoms with Gasteiger partial charge in [-0.2, -0.15) is 5.10 Å². The number of hydrogen-bond acceptors (Lipinski definition) is 5. The van der Waals surface area contributed by atoms with Crippen LogP contribution in [0.2, 0.25) is 0 Å². The molecule has 0 saturated heterocycles. The molecular formula is C24H29N5O3. The second-order valence-electron chi connectivity index (χ2n) is 9.18. The summed E-state index contributed by atoms with van der Waals surface area (Å²) in [4.78, 5) is 29.9. The molecule has 0 aromatic carbocycles. The second kappa shape index (κ2) is 8.41. The minimum absolute atomic E-state index is 0.251. The van der Waals surface area contributed by atoms with Crippen LogP contribution >= 0.6 is 0 Å². The number of fused-ring (bicyclic) bond motifs is 8. The van der Waals surface area contributed by atoms with E-state index < -0.39 is 17.1 Å². The first kappa shape index (κ1) is 20.7. The van der Waals surface area contributed by atoms with E-state index in [-0.39, 0.29) is 11.2 Å². The number of nitrogens with one attached hydrogen (secondary N) is 1. The molecule has 0 unspecified atom stereocenters. The molecule has 3 aromatic rings. The summed E-state index contributed by atoms with van der Waals surface area (Å²) in [5.74, 6) is -0.978. The summed E-state index contributed by atoms with van der Waals surface area (Å²) < 4.78 is 3.79. The SMILES string of the molecule is O=C1NCCCCCCc2cnc3c(ccn3C3(CCCC3)Cn3cc(O)c(=O)c1n3)c2. The number of nitrogens with zero attached hydrogens (tertiary/aromatic N) is 4. The van der Waals surface area contributed by atoms with Gasteiger partial charge in [0.05, 0.1) is 18.3 Å². The molecule has 6 bridgehead atoms. The van der Waals surface area contributed by atoms with Crippen LogP contribution in [0.5, 0.6) is 5.75 Å². The van der Waals surface area contributed by atoms with Gasteiger partial charge in [0.2, 0.25) is 0 Å². The average molecular weight is 436 g/mol. The van der Waals surface area contributed by atoms with Crippen molar-refractivity contribution in [3.8, 4) is 5.75 Å². The van der Waals surface area contributed by atoms with Gasteiger partial charge in [0.25, 0.3) is 11.3 Å². The molecule has 3 aromatic heterocycles. The quantitative estimate of drug-likeness (QED) is 0.565. The zero-order valence-corrected chi connectivity index (χ0v) is 18.2. The molecular weight excluding hydrogens is 406 g/mol. The molecule has 32 heavy (non-hydrogen) atoms. The van der Waals surface area contributed by atoms with Gasteiger partial charge in [-0.25, -0.2) is 4.98 Å². The summed E-state index contributed by atoms with van der Waals surface area (Å²) in [7, 11) is 0. The zero-order chi connectivity index (χ0) is 22.1. The molecule has 1 aliphatic carbocycles. The fourth-order valence-electron chi connectivity index (χ4n) is 5.25. The number of rotatable bonds is 0. The van der Waals surface area contributed by atoms with Crippen LogP contribution < -0.4 is 10.7 Å². The van der Waals surface area contributed by atoms with E-state index in [1.807, 2.05) is 6.20 Å². The Morgan fingerprint density at radius 3 is 2.72 bits per heavy atom. The molecule has 0 atom stereocenters. The van der Waals surface area contributed by atoms with Gasteiger partial charge in [-0.3, -0.25) is 14.3 Å². The second-order valence-corrected chi connectivity index (χ2v) is 9.18. The van der Waals surface area contributed by atoms with Crippen LogP contribution in [-0.2, 0) is 18.5 Å². The zero-order valence-electron chi connectivity index (χ0n) is 18.2. The summed E-state index contributed by atoms with van der Waals surface area (Å²) in [5, 5.41) is 18.5. The van der Waals surface area contributed by atoms with Crippen LogP contribution in [0, 0.1) is 0 Å². The molecule has 6 rings (SSSR count). The Hall–Kier alpha value is -3.16. The normalized spacial score (nSPS) is 19.3. The van der Waals surface area contributed by atoms with E-state index in [0.29, 0.717) is 13.1 Å². The number of amides is 1. The fraction of sp³-hybridized carbons (Fsp3) is 0.500. The lowest BCUT2D eigenvalue weighted by Crippen LogP contribution is -2.38. The Balaban J connectivity index is 1.61. The molecule has 0 radical (unpaired) electrons. The molecule has 1 spiro atoms. The number of pyridine rings is 1. The fourth-order valence-corrected chi connectivity index (χ4v) is 5.25. The van der Waals surface area contributed by atoms with E-state index in [2.05, 4.69) is 33.3 Å². The molecule has 168 valence electrons. The molecule has 2 N–H and O–H groups in total. The molecule has 1 fully saturated rings. The third kappa shape index (κ3) is 3.78. The number of aromatic nitrogens is 4. The smallest absolute Gasteiger partial charge is 0.275 e. The summed E-state index contributed by atoms with van der Waals surface area (Å²) in [6, 6.07) is 4.36. The van der Waals surface area contributed by atoms with Crippen LogP contribution in [-0.4, -0.2) is 36.9 Å². The summed E-state index contributed by atoms with van der Waals surface area (Å²) in [6.07, 6.45) is 14.4. The van der Waals surface area contributed by atoms with Gasteiger partial charge in [-0.05, 0) is 49.8 Å². The molecule has 1 amide bonds. The van der Waals surface area contributed by atoms with E-state index in [1.54, 1.807) is 4.68 Å². The first-order valence-corrected chi connectivity index (χ1v) is 11.6. The van der Waals surface area contributed by atoms with Crippen LogP contribution in [0.3, 0.4) is 0 Å². The van der Waals surface area contributed by atoms with Crippen LogP contribution in [0.4, 0.5) is 0 Å². The van der Waals surface area contributed by atoms with Crippen molar-refractivity contribution in [1.82, 2.24) is 24.6 Å². The highest BCUT2D eigenvalue weighted by atomic mass is 16.3. The minimum atomic E-state index is -0.728. The largest absolute Gasteiger partial charge is 0.503 e. The predicted molar refractivity (Wildman–Crippen MR) is 121 cm³/mol. The van der Waals surface area contributed by atoms with Crippen molar-refractivity contribution >= 4 is 16.9 Å². The van der Waals surface area contributed by atoms with Crippen molar-refractivity contribution in [2.24, 2.45) is 0 Å². The van der Waals surface area contributed by atoms with Crippen molar-refractivity contribution in [1.29, 1.82) is 0 Å². The van der Waals surface area contributed by atoms with Gasteiger partial charge < -0.3 is 15.0 Å². The molecule has 2 aliphatic heterocycles. The molecule has 8 nitrogen and oxygen atoms in total. The Morgan fingerprint density at radius 2 is 1.88 bits per heavy atom. The average Bonchev–Trinajstić information content (AvgIpc) is 3.42. The third-order valence-corrected chi connectivity index (χ3v) is 6.93. The minimum Gasteiger partial charge on any atom is -0.503 e. The van der Waals surface area contributed by atoms with Crippen molar-refractivity contribution in [3.63, 3.8) is 0 Å². The molecule has 1 saturated carbocycles. The van der Waals surface area contributed by atoms with E-state index in [0.717, 1.165) is 68.8 Å². The van der Waals surface area contributed by atoms with E-state index >= 15 is 0 Å². The molecule has 3 aliphatic rings. The third-order valence-electron chi connectivity index (χ3n) is 6.93. The van der Waals surface area contributed by atoms with Crippen molar-refractivity contribution in [2.75, 3.05) is 6.54 Å². The van der Waals surface area contributed by atoms with Gasteiger partial charge in [0, 0.05) is 24.3 Å². The maximum Gasteiger partial charge on any atom is 0.275 e. The summed E-state index contributed by atoms with van der Waals surface area (Å²) >= 11 is 0. The van der Waals surface area contributed by atoms with E-state index in [9.17, 15) is 14.7 Å². The Labute approximate surface area is 186 Å². The van der Waals surface area contributed by atoms with E-state index in [4.69, 9.17) is 4.98 Å². The maximum atomic E-state index is 12.6. The lowest BCUT2D eigenvalue weighted by Gasteiger charge is -2.32. The van der Waals surface area contributed by atoms with Crippen LogP contribution in [0.1, 0.15) is 67.4 Å². The van der Waals surface area contributed by atoms with Gasteiger partial charge in [-0.1, -0.05) is 25.7 Å². The van der Waals surface area contributed by atoms with Gasteiger partial charge in [-0.15, -0.1) is 0 Å². The van der Waals surface area contributed by atoms with Gasteiger partial charge in [0.1, 0.15) is 5.65 Å². The highest BCUT2D eigenvalue weighted by Crippen LogP contribution is 2.40. The van der Waals surface area contributed by atoms with Gasteiger partial charge >= 0.3 is 0 Å². The monoisotopic (exact) mass is 435 g/mol. The first-order valence-electron chi connectivity index (χ1n) is 11.6. The topological polar surface area (TPSA) is 102 Å². The first-order chi connectivity index (χ1) is 15.6. The molecule has 5 heterocycles. The number of carbonyl (C=O) groups excluding carboxylic acids is 1. The number of aromatic hydroxyl groups is 1. The lowest BCUT2D eigenvalue weighted by molar-refractivity contribution is 0.0942.